The lowest BCUT2D eigenvalue weighted by atomic mass is 10.0. The van der Waals surface area contributed by atoms with Crippen molar-refractivity contribution in [2.75, 3.05) is 6.54 Å². The predicted molar refractivity (Wildman–Crippen MR) is 77.6 cm³/mol. The van der Waals surface area contributed by atoms with Crippen LogP contribution in [0.25, 0.3) is 0 Å². The minimum absolute atomic E-state index is 0.283. The van der Waals surface area contributed by atoms with Gasteiger partial charge in [0.2, 0.25) is 0 Å². The molecule has 0 aliphatic heterocycles. The second-order valence-electron chi connectivity index (χ2n) is 5.29. The molecule has 1 amide bonds. The summed E-state index contributed by atoms with van der Waals surface area (Å²) in [6.45, 7) is 0.463. The highest BCUT2D eigenvalue weighted by Gasteiger charge is 2.18. The largest absolute Gasteiger partial charge is 0.352 e. The molecule has 1 saturated carbocycles. The number of nitrogens with one attached hydrogen (secondary N) is 1. The van der Waals surface area contributed by atoms with Gasteiger partial charge in [0, 0.05) is 11.0 Å². The Morgan fingerprint density at radius 1 is 1.25 bits per heavy atom. The maximum Gasteiger partial charge on any atom is 0.257 e. The molecule has 110 valence electrons. The van der Waals surface area contributed by atoms with Crippen LogP contribution in [0.4, 0.5) is 8.78 Å². The number of carbonyl (C=O) groups is 1. The Morgan fingerprint density at radius 2 is 1.85 bits per heavy atom. The predicted octanol–water partition coefficient (Wildman–Crippen LogP) is 4.43. The van der Waals surface area contributed by atoms with Crippen LogP contribution < -0.4 is 5.32 Å². The second kappa shape index (κ2) is 7.16. The van der Waals surface area contributed by atoms with Crippen LogP contribution in [0.15, 0.2) is 16.6 Å². The first kappa shape index (κ1) is 15.4. The first-order valence-electron chi connectivity index (χ1n) is 7.00. The van der Waals surface area contributed by atoms with E-state index >= 15 is 0 Å². The lowest BCUT2D eigenvalue weighted by Gasteiger charge is -2.10. The Kier molecular flexibility index (Phi) is 5.52. The monoisotopic (exact) mass is 345 g/mol. The van der Waals surface area contributed by atoms with Crippen LogP contribution in [-0.4, -0.2) is 12.5 Å². The number of benzene rings is 1. The lowest BCUT2D eigenvalue weighted by Crippen LogP contribution is -2.26. The number of halogens is 3. The van der Waals surface area contributed by atoms with E-state index in [1.807, 2.05) is 0 Å². The van der Waals surface area contributed by atoms with Gasteiger partial charge in [-0.15, -0.1) is 0 Å². The van der Waals surface area contributed by atoms with Crippen molar-refractivity contribution in [2.45, 2.75) is 38.5 Å². The van der Waals surface area contributed by atoms with Crippen molar-refractivity contribution >= 4 is 21.8 Å². The summed E-state index contributed by atoms with van der Waals surface area (Å²) in [5.41, 5.74) is -0.505. The topological polar surface area (TPSA) is 29.1 Å². The van der Waals surface area contributed by atoms with Crippen LogP contribution in [0.1, 0.15) is 48.9 Å². The third-order valence-electron chi connectivity index (χ3n) is 3.78. The summed E-state index contributed by atoms with van der Waals surface area (Å²) >= 11 is 2.99. The molecule has 5 heteroatoms. The zero-order chi connectivity index (χ0) is 14.5. The number of carbonyl (C=O) groups excluding carboxylic acids is 1. The Balaban J connectivity index is 1.82. The molecule has 0 saturated heterocycles. The molecule has 0 atom stereocenters. The maximum atomic E-state index is 13.6. The summed E-state index contributed by atoms with van der Waals surface area (Å²) in [7, 11) is 0. The van der Waals surface area contributed by atoms with Crippen molar-refractivity contribution in [3.63, 3.8) is 0 Å². The van der Waals surface area contributed by atoms with E-state index in [1.165, 1.54) is 25.7 Å². The highest BCUT2D eigenvalue weighted by atomic mass is 79.9. The highest BCUT2D eigenvalue weighted by Crippen LogP contribution is 2.28. The number of amides is 1. The van der Waals surface area contributed by atoms with Crippen LogP contribution in [0.5, 0.6) is 0 Å². The summed E-state index contributed by atoms with van der Waals surface area (Å²) in [6, 6.07) is 2.19. The van der Waals surface area contributed by atoms with Gasteiger partial charge >= 0.3 is 0 Å². The Bertz CT molecular complexity index is 464. The Hall–Kier alpha value is -0.970. The van der Waals surface area contributed by atoms with E-state index in [2.05, 4.69) is 21.2 Å². The zero-order valence-electron chi connectivity index (χ0n) is 11.2. The molecule has 0 spiro atoms. The number of hydrogen-bond donors (Lipinski definition) is 1. The average Bonchev–Trinajstić information content (AvgIpc) is 2.86. The molecule has 0 heterocycles. The van der Waals surface area contributed by atoms with Gasteiger partial charge in [0.15, 0.2) is 0 Å². The highest BCUT2D eigenvalue weighted by molar-refractivity contribution is 9.10. The van der Waals surface area contributed by atoms with Gasteiger partial charge in [-0.1, -0.05) is 41.6 Å². The minimum atomic E-state index is -0.842. The van der Waals surface area contributed by atoms with Crippen molar-refractivity contribution in [2.24, 2.45) is 5.92 Å². The van der Waals surface area contributed by atoms with E-state index < -0.39 is 23.1 Å². The molecule has 0 aromatic heterocycles. The molecule has 1 fully saturated rings. The van der Waals surface area contributed by atoms with Crippen molar-refractivity contribution in [1.29, 1.82) is 0 Å². The molecule has 1 aromatic rings. The summed E-state index contributed by atoms with van der Waals surface area (Å²) in [4.78, 5) is 11.8. The Labute approximate surface area is 126 Å². The SMILES string of the molecule is O=C(NCCCC1CCCC1)c1c(F)cc(Br)cc1F. The molecule has 1 N–H and O–H groups in total. The van der Waals surface area contributed by atoms with Crippen molar-refractivity contribution in [3.05, 3.63) is 33.8 Å². The summed E-state index contributed by atoms with van der Waals surface area (Å²) in [5.74, 6) is -1.61. The molecule has 1 aromatic carbocycles. The zero-order valence-corrected chi connectivity index (χ0v) is 12.8. The normalized spacial score (nSPS) is 15.6. The minimum Gasteiger partial charge on any atom is -0.352 e. The standard InChI is InChI=1S/C15H18BrF2NO/c16-11-8-12(17)14(13(18)9-11)15(20)19-7-3-6-10-4-1-2-5-10/h8-10H,1-7H2,(H,19,20). The van der Waals surface area contributed by atoms with Crippen LogP contribution in [0.2, 0.25) is 0 Å². The Morgan fingerprint density at radius 3 is 2.45 bits per heavy atom. The van der Waals surface area contributed by atoms with Crippen LogP contribution in [0.3, 0.4) is 0 Å². The molecular formula is C15H18BrF2NO. The summed E-state index contributed by atoms with van der Waals surface area (Å²) < 4.78 is 27.5. The van der Waals surface area contributed by atoms with Gasteiger partial charge in [0.25, 0.3) is 5.91 Å². The molecular weight excluding hydrogens is 328 g/mol. The van der Waals surface area contributed by atoms with Crippen LogP contribution >= 0.6 is 15.9 Å². The van der Waals surface area contributed by atoms with E-state index in [-0.39, 0.29) is 4.47 Å². The average molecular weight is 346 g/mol. The van der Waals surface area contributed by atoms with Crippen molar-refractivity contribution < 1.29 is 13.6 Å². The third-order valence-corrected chi connectivity index (χ3v) is 4.24. The van der Waals surface area contributed by atoms with E-state index in [1.54, 1.807) is 0 Å². The quantitative estimate of drug-likeness (QED) is 0.786. The van der Waals surface area contributed by atoms with Gasteiger partial charge in [0.1, 0.15) is 17.2 Å². The second-order valence-corrected chi connectivity index (χ2v) is 6.21. The number of rotatable bonds is 5. The van der Waals surface area contributed by atoms with Crippen LogP contribution in [0, 0.1) is 17.6 Å². The van der Waals surface area contributed by atoms with E-state index in [4.69, 9.17) is 0 Å². The van der Waals surface area contributed by atoms with Gasteiger partial charge in [-0.3, -0.25) is 4.79 Å². The first-order valence-corrected chi connectivity index (χ1v) is 7.80. The van der Waals surface area contributed by atoms with Gasteiger partial charge in [-0.05, 0) is 30.9 Å². The molecule has 20 heavy (non-hydrogen) atoms. The molecule has 0 radical (unpaired) electrons. The molecule has 2 rings (SSSR count). The van der Waals surface area contributed by atoms with Crippen molar-refractivity contribution in [1.82, 2.24) is 5.32 Å². The van der Waals surface area contributed by atoms with E-state index in [0.717, 1.165) is 30.9 Å². The summed E-state index contributed by atoms with van der Waals surface area (Å²) in [5, 5.41) is 2.59. The summed E-state index contributed by atoms with van der Waals surface area (Å²) in [6.07, 6.45) is 7.06. The lowest BCUT2D eigenvalue weighted by molar-refractivity contribution is 0.0944. The fraction of sp³-hybridized carbons (Fsp3) is 0.533. The van der Waals surface area contributed by atoms with Gasteiger partial charge in [0.05, 0.1) is 0 Å². The van der Waals surface area contributed by atoms with E-state index in [0.29, 0.717) is 6.54 Å². The smallest absolute Gasteiger partial charge is 0.257 e. The third kappa shape index (κ3) is 4.01. The van der Waals surface area contributed by atoms with Crippen LogP contribution in [-0.2, 0) is 0 Å². The fourth-order valence-electron chi connectivity index (χ4n) is 2.74. The van der Waals surface area contributed by atoms with Crippen molar-refractivity contribution in [3.8, 4) is 0 Å². The number of hydrogen-bond acceptors (Lipinski definition) is 1. The van der Waals surface area contributed by atoms with Gasteiger partial charge < -0.3 is 5.32 Å². The van der Waals surface area contributed by atoms with E-state index in [9.17, 15) is 13.6 Å². The van der Waals surface area contributed by atoms with Gasteiger partial charge in [-0.2, -0.15) is 0 Å². The fourth-order valence-corrected chi connectivity index (χ4v) is 3.14. The molecule has 0 bridgehead atoms. The first-order chi connectivity index (χ1) is 9.58. The molecule has 2 nitrogen and oxygen atoms in total. The molecule has 0 unspecified atom stereocenters. The maximum absolute atomic E-state index is 13.6. The molecule has 1 aliphatic carbocycles. The molecule has 1 aliphatic rings. The van der Waals surface area contributed by atoms with Gasteiger partial charge in [-0.25, -0.2) is 8.78 Å².